The van der Waals surface area contributed by atoms with Crippen LogP contribution in [0.1, 0.15) is 7.85 Å². The maximum Gasteiger partial charge on any atom is 1.00 e. The molecule has 0 spiro atoms. The van der Waals surface area contributed by atoms with Crippen molar-refractivity contribution in [1.29, 1.82) is 0 Å². The monoisotopic (exact) mass is 214 g/mol. The molecule has 1 unspecified atom stereocenters. The van der Waals surface area contributed by atoms with Gasteiger partial charge in [-0.3, -0.25) is 4.79 Å². The van der Waals surface area contributed by atoms with Crippen LogP contribution in [0.25, 0.3) is 0 Å². The molecule has 0 aromatic heterocycles. The summed E-state index contributed by atoms with van der Waals surface area (Å²) in [5.41, 5.74) is 0. The number of carboxylic acids is 2. The Morgan fingerprint density at radius 1 is 1.36 bits per heavy atom. The normalized spacial score (nSPS) is 10.3. The van der Waals surface area contributed by atoms with Crippen molar-refractivity contribution in [2.24, 2.45) is 0 Å². The van der Waals surface area contributed by atoms with Crippen molar-refractivity contribution in [3.63, 3.8) is 0 Å². The molecule has 1 atom stereocenters. The second-order valence-corrected chi connectivity index (χ2v) is 1.45. The van der Waals surface area contributed by atoms with Crippen molar-refractivity contribution in [2.45, 2.75) is 12.5 Å². The zero-order valence-electron chi connectivity index (χ0n) is 6.80. The summed E-state index contributed by atoms with van der Waals surface area (Å²) in [5.74, 6) is -2.85. The Morgan fingerprint density at radius 3 is 1.82 bits per heavy atom. The summed E-state index contributed by atoms with van der Waals surface area (Å²) in [6, 6.07) is 0. The Labute approximate surface area is 97.0 Å². The number of aliphatic hydroxyl groups excluding tert-OH is 1. The average Bonchev–Trinajstić information content (AvgIpc) is 1.63. The third kappa shape index (κ3) is 10.4. The topological polar surface area (TPSA) is 94.8 Å². The van der Waals surface area contributed by atoms with Crippen molar-refractivity contribution >= 4 is 11.9 Å². The first kappa shape index (κ1) is 17.5. The van der Waals surface area contributed by atoms with E-state index in [0.717, 1.165) is 0 Å². The fourth-order valence-corrected chi connectivity index (χ4v) is 0.253. The second kappa shape index (κ2) is 8.52. The fraction of sp³-hybridized carbons (Fsp3) is 0.500. The van der Waals surface area contributed by atoms with Crippen LogP contribution in [-0.2, 0) is 26.7 Å². The Bertz CT molecular complexity index is 143. The molecule has 0 aromatic rings. The van der Waals surface area contributed by atoms with Gasteiger partial charge in [-0.15, -0.1) is 0 Å². The van der Waals surface area contributed by atoms with Gasteiger partial charge >= 0.3 is 41.5 Å². The van der Waals surface area contributed by atoms with E-state index in [9.17, 15) is 9.59 Å². The molecule has 0 aliphatic carbocycles. The minimum Gasteiger partial charge on any atom is -1.00 e. The van der Waals surface area contributed by atoms with Crippen LogP contribution in [-0.4, -0.2) is 33.4 Å². The van der Waals surface area contributed by atoms with Crippen LogP contribution in [0.2, 0.25) is 0 Å². The number of rotatable bonds is 3. The largest absolute Gasteiger partial charge is 1.00 e. The predicted molar refractivity (Wildman–Crippen MR) is 27.0 cm³/mol. The van der Waals surface area contributed by atoms with E-state index < -0.39 is 24.5 Å². The molecular weight excluding hydrogens is 207 g/mol. The molecule has 5 nitrogen and oxygen atoms in total. The molecule has 7 heteroatoms. The van der Waals surface area contributed by atoms with Crippen molar-refractivity contribution in [3.05, 3.63) is 0 Å². The van der Waals surface area contributed by atoms with E-state index in [4.69, 9.17) is 15.3 Å². The van der Waals surface area contributed by atoms with Gasteiger partial charge in [-0.1, -0.05) is 0 Å². The summed E-state index contributed by atoms with van der Waals surface area (Å²) in [6.07, 6.45) is -2.54. The average molecular weight is 214 g/mol. The first-order valence-corrected chi connectivity index (χ1v) is 2.16. The molecule has 0 amide bonds. The molecule has 0 aliphatic rings. The number of hydrogen-bond donors (Lipinski definition) is 3. The number of carbonyl (C=O) groups is 2. The SMILES string of the molecule is O=C(O)CC(O)C(=O)O.[Fe].[H-].[Na+]. The maximum atomic E-state index is 9.72. The zero-order valence-corrected chi connectivity index (χ0v) is 8.90. The standard InChI is InChI=1S/C4H6O5.Fe.Na.H/c5-2(4(8)9)1-3(6)7;;;/h2,5H,1H2,(H,6,7)(H,8,9);;;/q;;+1;-1. The molecule has 11 heavy (non-hydrogen) atoms. The molecule has 0 fully saturated rings. The summed E-state index contributed by atoms with van der Waals surface area (Å²) >= 11 is 0. The third-order valence-corrected chi connectivity index (χ3v) is 0.653. The Kier molecular flexibility index (Phi) is 13.5. The summed E-state index contributed by atoms with van der Waals surface area (Å²) in [6.45, 7) is 0. The molecule has 0 radical (unpaired) electrons. The number of hydrogen-bond acceptors (Lipinski definition) is 3. The van der Waals surface area contributed by atoms with Crippen molar-refractivity contribution in [2.75, 3.05) is 0 Å². The van der Waals surface area contributed by atoms with Crippen LogP contribution in [0.5, 0.6) is 0 Å². The van der Waals surface area contributed by atoms with E-state index >= 15 is 0 Å². The molecule has 62 valence electrons. The molecule has 0 saturated carbocycles. The van der Waals surface area contributed by atoms with Gasteiger partial charge in [-0.05, 0) is 0 Å². The third-order valence-electron chi connectivity index (χ3n) is 0.653. The van der Waals surface area contributed by atoms with Crippen molar-refractivity contribution in [1.82, 2.24) is 0 Å². The number of carboxylic acid groups (broad SMARTS) is 2. The van der Waals surface area contributed by atoms with E-state index in [1.165, 1.54) is 0 Å². The van der Waals surface area contributed by atoms with Gasteiger partial charge in [0.2, 0.25) is 0 Å². The summed E-state index contributed by atoms with van der Waals surface area (Å²) < 4.78 is 0. The molecule has 0 heterocycles. The van der Waals surface area contributed by atoms with E-state index in [1.807, 2.05) is 0 Å². The molecule has 0 saturated heterocycles. The van der Waals surface area contributed by atoms with E-state index in [0.29, 0.717) is 0 Å². The fourth-order valence-electron chi connectivity index (χ4n) is 0.253. The van der Waals surface area contributed by atoms with E-state index in [2.05, 4.69) is 0 Å². The summed E-state index contributed by atoms with van der Waals surface area (Å²) in [4.78, 5) is 19.4. The van der Waals surface area contributed by atoms with Crippen LogP contribution in [0, 0.1) is 0 Å². The number of aliphatic hydroxyl groups is 1. The minimum atomic E-state index is -1.79. The van der Waals surface area contributed by atoms with Gasteiger partial charge in [-0.25, -0.2) is 4.79 Å². The molecular formula is C4H7FeNaO5. The van der Waals surface area contributed by atoms with E-state index in [1.54, 1.807) is 0 Å². The minimum absolute atomic E-state index is 0. The molecule has 0 bridgehead atoms. The van der Waals surface area contributed by atoms with Crippen molar-refractivity contribution in [3.8, 4) is 0 Å². The Hall–Kier alpha value is 0.419. The smallest absolute Gasteiger partial charge is 1.00 e. The van der Waals surface area contributed by atoms with Gasteiger partial charge in [0.05, 0.1) is 6.42 Å². The summed E-state index contributed by atoms with van der Waals surface area (Å²) in [7, 11) is 0. The number of aliphatic carboxylic acids is 2. The van der Waals surface area contributed by atoms with Gasteiger partial charge in [0.15, 0.2) is 6.10 Å². The van der Waals surface area contributed by atoms with Crippen LogP contribution in [0.15, 0.2) is 0 Å². The molecule has 0 rings (SSSR count). The summed E-state index contributed by atoms with van der Waals surface area (Å²) in [5, 5.41) is 24.1. The van der Waals surface area contributed by atoms with Crippen LogP contribution in [0.3, 0.4) is 0 Å². The molecule has 0 aliphatic heterocycles. The van der Waals surface area contributed by atoms with Crippen molar-refractivity contribution < 1.29 is 73.0 Å². The Morgan fingerprint density at radius 2 is 1.73 bits per heavy atom. The van der Waals surface area contributed by atoms with Gasteiger partial charge in [0.1, 0.15) is 0 Å². The van der Waals surface area contributed by atoms with Gasteiger partial charge in [0.25, 0.3) is 0 Å². The quantitative estimate of drug-likeness (QED) is 0.416. The van der Waals surface area contributed by atoms with Gasteiger partial charge in [0, 0.05) is 17.1 Å². The Balaban J connectivity index is -0.000000107. The van der Waals surface area contributed by atoms with Gasteiger partial charge < -0.3 is 16.7 Å². The predicted octanol–water partition coefficient (Wildman–Crippen LogP) is -3.98. The van der Waals surface area contributed by atoms with Gasteiger partial charge in [-0.2, -0.15) is 0 Å². The van der Waals surface area contributed by atoms with Crippen LogP contribution in [0.4, 0.5) is 0 Å². The molecule has 3 N–H and O–H groups in total. The molecule has 0 aromatic carbocycles. The zero-order chi connectivity index (χ0) is 7.44. The first-order chi connectivity index (χ1) is 4.04. The van der Waals surface area contributed by atoms with E-state index in [-0.39, 0.29) is 48.1 Å². The van der Waals surface area contributed by atoms with Crippen LogP contribution < -0.4 is 29.6 Å². The first-order valence-electron chi connectivity index (χ1n) is 2.16. The second-order valence-electron chi connectivity index (χ2n) is 1.45. The maximum absolute atomic E-state index is 9.72. The van der Waals surface area contributed by atoms with Crippen LogP contribution >= 0.6 is 0 Å².